The molecular formula is C15H19ClN2S. The Balaban J connectivity index is 2.31. The third kappa shape index (κ3) is 3.30. The van der Waals surface area contributed by atoms with Gasteiger partial charge in [0.05, 0.1) is 10.4 Å². The number of thiophene rings is 1. The third-order valence-electron chi connectivity index (χ3n) is 3.23. The number of halogens is 1. The fourth-order valence-corrected chi connectivity index (χ4v) is 3.41. The van der Waals surface area contributed by atoms with Crippen LogP contribution in [0.5, 0.6) is 0 Å². The van der Waals surface area contributed by atoms with Crippen molar-refractivity contribution >= 4 is 28.6 Å². The average molecular weight is 295 g/mol. The van der Waals surface area contributed by atoms with E-state index in [-0.39, 0.29) is 6.04 Å². The number of aryl methyl sites for hydroxylation is 1. The van der Waals surface area contributed by atoms with Gasteiger partial charge in [0.2, 0.25) is 0 Å². The van der Waals surface area contributed by atoms with Crippen molar-refractivity contribution in [1.29, 1.82) is 0 Å². The van der Waals surface area contributed by atoms with Gasteiger partial charge in [0, 0.05) is 23.7 Å². The number of nitrogens with two attached hydrogens (primary N) is 1. The number of hydrogen-bond acceptors (Lipinski definition) is 3. The van der Waals surface area contributed by atoms with Gasteiger partial charge in [0.15, 0.2) is 0 Å². The molecule has 0 saturated carbocycles. The van der Waals surface area contributed by atoms with Crippen LogP contribution >= 0.6 is 22.9 Å². The van der Waals surface area contributed by atoms with E-state index in [0.717, 1.165) is 10.9 Å². The molecule has 0 aliphatic rings. The zero-order chi connectivity index (χ0) is 13.8. The molecule has 4 heteroatoms. The first kappa shape index (κ1) is 14.4. The van der Waals surface area contributed by atoms with Gasteiger partial charge in [-0.1, -0.05) is 29.3 Å². The van der Waals surface area contributed by atoms with Crippen LogP contribution in [0.4, 0.5) is 5.69 Å². The smallest absolute Gasteiger partial charge is 0.0932 e. The lowest BCUT2D eigenvalue weighted by Gasteiger charge is -2.31. The van der Waals surface area contributed by atoms with Crippen molar-refractivity contribution in [2.75, 3.05) is 18.0 Å². The number of rotatable bonds is 5. The lowest BCUT2D eigenvalue weighted by molar-refractivity contribution is 0.653. The monoisotopic (exact) mass is 294 g/mol. The summed E-state index contributed by atoms with van der Waals surface area (Å²) < 4.78 is 0.813. The molecule has 2 rings (SSSR count). The Morgan fingerprint density at radius 3 is 2.37 bits per heavy atom. The lowest BCUT2D eigenvalue weighted by atomic mass is 10.1. The summed E-state index contributed by atoms with van der Waals surface area (Å²) in [6.45, 7) is 5.75. The molecular weight excluding hydrogens is 276 g/mol. The zero-order valence-electron chi connectivity index (χ0n) is 11.3. The molecule has 0 amide bonds. The van der Waals surface area contributed by atoms with Crippen molar-refractivity contribution in [3.8, 4) is 0 Å². The van der Waals surface area contributed by atoms with Crippen LogP contribution in [-0.2, 0) is 0 Å². The lowest BCUT2D eigenvalue weighted by Crippen LogP contribution is -2.33. The zero-order valence-corrected chi connectivity index (χ0v) is 12.8. The Morgan fingerprint density at radius 1 is 1.21 bits per heavy atom. The Morgan fingerprint density at radius 2 is 1.89 bits per heavy atom. The predicted octanol–water partition coefficient (Wildman–Crippen LogP) is 4.24. The predicted molar refractivity (Wildman–Crippen MR) is 85.3 cm³/mol. The van der Waals surface area contributed by atoms with Gasteiger partial charge in [-0.15, -0.1) is 11.3 Å². The summed E-state index contributed by atoms with van der Waals surface area (Å²) in [7, 11) is 0. The SMILES string of the molecule is CCN(c1ccc(C)cc1)C(CN)c1ccc(Cl)s1. The highest BCUT2D eigenvalue weighted by Gasteiger charge is 2.19. The van der Waals surface area contributed by atoms with Crippen LogP contribution in [0.3, 0.4) is 0 Å². The molecule has 1 unspecified atom stereocenters. The van der Waals surface area contributed by atoms with E-state index in [1.165, 1.54) is 16.1 Å². The minimum Gasteiger partial charge on any atom is -0.363 e. The summed E-state index contributed by atoms with van der Waals surface area (Å²) in [6, 6.07) is 12.8. The van der Waals surface area contributed by atoms with Gasteiger partial charge >= 0.3 is 0 Å². The number of hydrogen-bond donors (Lipinski definition) is 1. The van der Waals surface area contributed by atoms with E-state index < -0.39 is 0 Å². The van der Waals surface area contributed by atoms with Crippen LogP contribution in [-0.4, -0.2) is 13.1 Å². The second kappa shape index (κ2) is 6.42. The van der Waals surface area contributed by atoms with Crippen LogP contribution in [0.1, 0.15) is 23.4 Å². The Kier molecular flexibility index (Phi) is 4.86. The van der Waals surface area contributed by atoms with Gasteiger partial charge < -0.3 is 10.6 Å². The van der Waals surface area contributed by atoms with E-state index >= 15 is 0 Å². The van der Waals surface area contributed by atoms with Crippen molar-refractivity contribution in [2.24, 2.45) is 5.73 Å². The highest BCUT2D eigenvalue weighted by atomic mass is 35.5. The van der Waals surface area contributed by atoms with Gasteiger partial charge in [0.1, 0.15) is 0 Å². The molecule has 1 atom stereocenters. The molecule has 0 spiro atoms. The van der Waals surface area contributed by atoms with Crippen LogP contribution in [0, 0.1) is 6.92 Å². The number of anilines is 1. The summed E-state index contributed by atoms with van der Waals surface area (Å²) in [5.41, 5.74) is 8.45. The summed E-state index contributed by atoms with van der Waals surface area (Å²) in [5.74, 6) is 0. The van der Waals surface area contributed by atoms with Crippen molar-refractivity contribution in [3.63, 3.8) is 0 Å². The van der Waals surface area contributed by atoms with Gasteiger partial charge in [-0.3, -0.25) is 0 Å². The van der Waals surface area contributed by atoms with Gasteiger partial charge in [0.25, 0.3) is 0 Å². The van der Waals surface area contributed by atoms with Crippen LogP contribution in [0.25, 0.3) is 0 Å². The summed E-state index contributed by atoms with van der Waals surface area (Å²) in [6.07, 6.45) is 0. The van der Waals surface area contributed by atoms with Crippen LogP contribution in [0.15, 0.2) is 36.4 Å². The maximum absolute atomic E-state index is 6.04. The average Bonchev–Trinajstić information content (AvgIpc) is 2.83. The molecule has 0 aliphatic carbocycles. The number of nitrogens with zero attached hydrogens (tertiary/aromatic N) is 1. The first-order chi connectivity index (χ1) is 9.15. The van der Waals surface area contributed by atoms with E-state index in [4.69, 9.17) is 17.3 Å². The summed E-state index contributed by atoms with van der Waals surface area (Å²) in [5, 5.41) is 0. The van der Waals surface area contributed by atoms with Crippen molar-refractivity contribution in [2.45, 2.75) is 19.9 Å². The minimum absolute atomic E-state index is 0.185. The quantitative estimate of drug-likeness (QED) is 0.894. The molecule has 2 aromatic rings. The second-order valence-electron chi connectivity index (χ2n) is 4.51. The topological polar surface area (TPSA) is 29.3 Å². The van der Waals surface area contributed by atoms with Crippen molar-refractivity contribution < 1.29 is 0 Å². The molecule has 2 N–H and O–H groups in total. The van der Waals surface area contributed by atoms with E-state index in [1.54, 1.807) is 11.3 Å². The molecule has 0 fully saturated rings. The fourth-order valence-electron chi connectivity index (χ4n) is 2.22. The molecule has 0 aliphatic heterocycles. The van der Waals surface area contributed by atoms with Gasteiger partial charge in [-0.05, 0) is 38.1 Å². The maximum Gasteiger partial charge on any atom is 0.0932 e. The largest absolute Gasteiger partial charge is 0.363 e. The van der Waals surface area contributed by atoms with Crippen LogP contribution in [0.2, 0.25) is 4.34 Å². The second-order valence-corrected chi connectivity index (χ2v) is 6.26. The van der Waals surface area contributed by atoms with Crippen LogP contribution < -0.4 is 10.6 Å². The Hall–Kier alpha value is -1.03. The normalized spacial score (nSPS) is 12.4. The molecule has 1 aromatic carbocycles. The van der Waals surface area contributed by atoms with Crippen molar-refractivity contribution in [3.05, 3.63) is 51.2 Å². The summed E-state index contributed by atoms with van der Waals surface area (Å²) >= 11 is 7.64. The van der Waals surface area contributed by atoms with Gasteiger partial charge in [-0.25, -0.2) is 0 Å². The molecule has 1 aromatic heterocycles. The van der Waals surface area contributed by atoms with E-state index in [2.05, 4.69) is 49.1 Å². The Bertz CT molecular complexity index is 521. The minimum atomic E-state index is 0.185. The highest BCUT2D eigenvalue weighted by molar-refractivity contribution is 7.16. The Labute approximate surface area is 123 Å². The highest BCUT2D eigenvalue weighted by Crippen LogP contribution is 2.32. The number of benzene rings is 1. The third-order valence-corrected chi connectivity index (χ3v) is 4.56. The molecule has 19 heavy (non-hydrogen) atoms. The van der Waals surface area contributed by atoms with E-state index in [9.17, 15) is 0 Å². The van der Waals surface area contributed by atoms with Crippen molar-refractivity contribution in [1.82, 2.24) is 0 Å². The first-order valence-electron chi connectivity index (χ1n) is 6.44. The van der Waals surface area contributed by atoms with E-state index in [1.807, 2.05) is 6.07 Å². The fraction of sp³-hybridized carbons (Fsp3) is 0.333. The standard InChI is InChI=1S/C15H19ClN2S/c1-3-18(12-6-4-11(2)5-7-12)13(10-17)14-8-9-15(16)19-14/h4-9,13H,3,10,17H2,1-2H3. The molecule has 0 saturated heterocycles. The molecule has 2 nitrogen and oxygen atoms in total. The summed E-state index contributed by atoms with van der Waals surface area (Å²) in [4.78, 5) is 3.54. The molecule has 0 bridgehead atoms. The number of likely N-dealkylation sites (N-methyl/N-ethyl adjacent to an activating group) is 1. The molecule has 1 heterocycles. The first-order valence-corrected chi connectivity index (χ1v) is 7.63. The van der Waals surface area contributed by atoms with E-state index in [0.29, 0.717) is 6.54 Å². The molecule has 0 radical (unpaired) electrons. The molecule has 102 valence electrons. The maximum atomic E-state index is 6.04. The van der Waals surface area contributed by atoms with Gasteiger partial charge in [-0.2, -0.15) is 0 Å².